The molecule has 1 fully saturated rings. The number of aromatic amines is 1. The van der Waals surface area contributed by atoms with E-state index < -0.39 is 0 Å². The Morgan fingerprint density at radius 2 is 1.83 bits per heavy atom. The van der Waals surface area contributed by atoms with Crippen molar-refractivity contribution < 1.29 is 18.9 Å². The van der Waals surface area contributed by atoms with E-state index in [0.29, 0.717) is 4.77 Å². The van der Waals surface area contributed by atoms with E-state index in [-0.39, 0.29) is 5.82 Å². The Kier molecular flexibility index (Phi) is 6.03. The number of rotatable bonds is 6. The summed E-state index contributed by atoms with van der Waals surface area (Å²) >= 11 is 5.44. The molecule has 0 unspecified atom stereocenters. The second-order valence-corrected chi connectivity index (χ2v) is 7.81. The first-order valence-electron chi connectivity index (χ1n) is 9.84. The lowest BCUT2D eigenvalue weighted by molar-refractivity contribution is -1.03. The highest BCUT2D eigenvalue weighted by molar-refractivity contribution is 7.71. The number of H-pyrrole nitrogens is 1. The van der Waals surface area contributed by atoms with Gasteiger partial charge in [-0.05, 0) is 30.4 Å². The zero-order chi connectivity index (χ0) is 20.2. The summed E-state index contributed by atoms with van der Waals surface area (Å²) in [6.45, 7) is 5.62. The van der Waals surface area contributed by atoms with Crippen LogP contribution >= 0.6 is 12.2 Å². The number of nitrogens with one attached hydrogen (secondary N) is 3. The molecule has 3 aromatic rings. The Morgan fingerprint density at radius 1 is 1.10 bits per heavy atom. The number of quaternary nitrogens is 2. The molecule has 0 radical (unpaired) electrons. The summed E-state index contributed by atoms with van der Waals surface area (Å²) in [5, 5.41) is 3.33. The van der Waals surface area contributed by atoms with Crippen LogP contribution < -0.4 is 14.5 Å². The maximum Gasteiger partial charge on any atom is 0.221 e. The summed E-state index contributed by atoms with van der Waals surface area (Å²) in [5.41, 5.74) is 1.96. The fourth-order valence-electron chi connectivity index (χ4n) is 3.86. The first-order valence-corrected chi connectivity index (χ1v) is 10.2. The molecule has 0 aliphatic carbocycles. The SMILES string of the molecule is COc1ccc(F)cc1C[NH+]1CC[NH+](Cn2[nH]c(-c3ccccc3)nc2=S)CC1. The van der Waals surface area contributed by atoms with Gasteiger partial charge < -0.3 is 14.5 Å². The van der Waals surface area contributed by atoms with E-state index in [0.717, 1.165) is 62.1 Å². The Labute approximate surface area is 174 Å². The zero-order valence-electron chi connectivity index (χ0n) is 16.5. The topological polar surface area (TPSA) is 51.7 Å². The molecular weight excluding hydrogens is 389 g/mol. The minimum absolute atomic E-state index is 0.215. The fourth-order valence-corrected chi connectivity index (χ4v) is 4.06. The van der Waals surface area contributed by atoms with Crippen LogP contribution in [-0.4, -0.2) is 48.1 Å². The molecule has 2 heterocycles. The summed E-state index contributed by atoms with van der Waals surface area (Å²) in [7, 11) is 1.63. The van der Waals surface area contributed by atoms with Crippen LogP contribution in [0.15, 0.2) is 48.5 Å². The number of hydrogen-bond acceptors (Lipinski definition) is 3. The summed E-state index contributed by atoms with van der Waals surface area (Å²) in [5.74, 6) is 1.34. The number of ether oxygens (including phenoxy) is 1. The van der Waals surface area contributed by atoms with Gasteiger partial charge in [0.2, 0.25) is 4.77 Å². The van der Waals surface area contributed by atoms with Crippen molar-refractivity contribution in [3.05, 3.63) is 64.7 Å². The highest BCUT2D eigenvalue weighted by atomic mass is 32.1. The van der Waals surface area contributed by atoms with E-state index in [1.807, 2.05) is 35.0 Å². The molecule has 4 rings (SSSR count). The number of benzene rings is 2. The molecule has 29 heavy (non-hydrogen) atoms. The number of aromatic nitrogens is 3. The van der Waals surface area contributed by atoms with Crippen LogP contribution in [0.2, 0.25) is 0 Å². The summed E-state index contributed by atoms with van der Waals surface area (Å²) in [4.78, 5) is 7.40. The number of methoxy groups -OCH3 is 1. The van der Waals surface area contributed by atoms with Crippen molar-refractivity contribution in [2.45, 2.75) is 13.2 Å². The number of halogens is 1. The minimum Gasteiger partial charge on any atom is -0.496 e. The van der Waals surface area contributed by atoms with Gasteiger partial charge in [0.05, 0.1) is 12.7 Å². The zero-order valence-corrected chi connectivity index (χ0v) is 17.3. The molecule has 0 atom stereocenters. The van der Waals surface area contributed by atoms with Gasteiger partial charge in [-0.15, -0.1) is 0 Å². The van der Waals surface area contributed by atoms with Crippen LogP contribution in [0.1, 0.15) is 5.56 Å². The average Bonchev–Trinajstić information content (AvgIpc) is 3.11. The van der Waals surface area contributed by atoms with Crippen LogP contribution in [-0.2, 0) is 13.2 Å². The standard InChI is InChI=1S/C21H24FN5OS/c1-28-19-8-7-18(22)13-17(19)14-25-9-11-26(12-10-25)15-27-21(29)23-20(24-27)16-5-3-2-4-6-16/h2-8,13H,9-12,14-15H2,1H3,(H,23,24,29)/p+2. The van der Waals surface area contributed by atoms with E-state index in [1.54, 1.807) is 19.2 Å². The molecule has 152 valence electrons. The average molecular weight is 416 g/mol. The van der Waals surface area contributed by atoms with E-state index in [4.69, 9.17) is 17.0 Å². The van der Waals surface area contributed by atoms with Gasteiger partial charge in [-0.25, -0.2) is 9.07 Å². The summed E-state index contributed by atoms with van der Waals surface area (Å²) in [6, 6.07) is 14.7. The first kappa shape index (κ1) is 19.8. The molecule has 2 aromatic carbocycles. The third-order valence-corrected chi connectivity index (χ3v) is 5.77. The van der Waals surface area contributed by atoms with Crippen LogP contribution in [0.25, 0.3) is 11.4 Å². The van der Waals surface area contributed by atoms with E-state index >= 15 is 0 Å². The van der Waals surface area contributed by atoms with Gasteiger partial charge in [0.1, 0.15) is 44.3 Å². The van der Waals surface area contributed by atoms with Crippen molar-refractivity contribution in [1.29, 1.82) is 0 Å². The van der Waals surface area contributed by atoms with Crippen molar-refractivity contribution >= 4 is 12.2 Å². The summed E-state index contributed by atoms with van der Waals surface area (Å²) < 4.78 is 21.5. The predicted molar refractivity (Wildman–Crippen MR) is 111 cm³/mol. The quantitative estimate of drug-likeness (QED) is 0.520. The molecule has 1 aromatic heterocycles. The number of hydrogen-bond donors (Lipinski definition) is 3. The van der Waals surface area contributed by atoms with Crippen LogP contribution in [0.3, 0.4) is 0 Å². The van der Waals surface area contributed by atoms with Gasteiger partial charge in [-0.3, -0.25) is 5.10 Å². The summed E-state index contributed by atoms with van der Waals surface area (Å²) in [6.07, 6.45) is 0. The maximum atomic E-state index is 13.6. The van der Waals surface area contributed by atoms with Gasteiger partial charge in [0, 0.05) is 5.56 Å². The molecule has 0 bridgehead atoms. The molecule has 1 saturated heterocycles. The number of nitrogens with zero attached hydrogens (tertiary/aromatic N) is 2. The molecule has 0 amide bonds. The van der Waals surface area contributed by atoms with Crippen LogP contribution in [0.5, 0.6) is 5.75 Å². The molecule has 8 heteroatoms. The smallest absolute Gasteiger partial charge is 0.221 e. The molecule has 3 N–H and O–H groups in total. The van der Waals surface area contributed by atoms with Gasteiger partial charge >= 0.3 is 0 Å². The first-order chi connectivity index (χ1) is 14.1. The third-order valence-electron chi connectivity index (χ3n) is 5.46. The van der Waals surface area contributed by atoms with Crippen molar-refractivity contribution in [1.82, 2.24) is 14.8 Å². The largest absolute Gasteiger partial charge is 0.496 e. The Hall–Kier alpha value is -2.55. The van der Waals surface area contributed by atoms with E-state index in [9.17, 15) is 4.39 Å². The van der Waals surface area contributed by atoms with Crippen molar-refractivity contribution in [3.63, 3.8) is 0 Å². The van der Waals surface area contributed by atoms with Crippen molar-refractivity contribution in [3.8, 4) is 17.1 Å². The van der Waals surface area contributed by atoms with Gasteiger partial charge in [0.25, 0.3) is 0 Å². The lowest BCUT2D eigenvalue weighted by atomic mass is 10.1. The van der Waals surface area contributed by atoms with Crippen molar-refractivity contribution in [2.75, 3.05) is 33.3 Å². The predicted octanol–water partition coefficient (Wildman–Crippen LogP) is 0.696. The fraction of sp³-hybridized carbons (Fsp3) is 0.333. The maximum absolute atomic E-state index is 13.6. The van der Waals surface area contributed by atoms with Crippen LogP contribution in [0.4, 0.5) is 4.39 Å². The normalized spacial score (nSPS) is 19.2. The second kappa shape index (κ2) is 8.86. The van der Waals surface area contributed by atoms with Crippen molar-refractivity contribution in [2.24, 2.45) is 0 Å². The van der Waals surface area contributed by atoms with Gasteiger partial charge in [-0.1, -0.05) is 30.3 Å². The lowest BCUT2D eigenvalue weighted by Crippen LogP contribution is -3.27. The van der Waals surface area contributed by atoms with Gasteiger partial charge in [0.15, 0.2) is 12.5 Å². The van der Waals surface area contributed by atoms with E-state index in [2.05, 4.69) is 10.1 Å². The molecular formula is C21H26FN5OS+2. The molecule has 0 saturated carbocycles. The van der Waals surface area contributed by atoms with Crippen LogP contribution in [0, 0.1) is 10.6 Å². The Bertz CT molecular complexity index is 1010. The molecule has 6 nitrogen and oxygen atoms in total. The third kappa shape index (κ3) is 4.72. The molecule has 0 spiro atoms. The van der Waals surface area contributed by atoms with Gasteiger partial charge in [-0.2, -0.15) is 4.98 Å². The lowest BCUT2D eigenvalue weighted by Gasteiger charge is -2.29. The number of piperazine rings is 1. The highest BCUT2D eigenvalue weighted by Crippen LogP contribution is 2.18. The Balaban J connectivity index is 1.36. The highest BCUT2D eigenvalue weighted by Gasteiger charge is 2.25. The molecule has 1 aliphatic rings. The van der Waals surface area contributed by atoms with E-state index in [1.165, 1.54) is 15.9 Å². The second-order valence-electron chi connectivity index (χ2n) is 7.44. The minimum atomic E-state index is -0.215. The molecule has 1 aliphatic heterocycles. The monoisotopic (exact) mass is 415 g/mol. The Morgan fingerprint density at radius 3 is 2.55 bits per heavy atom.